The lowest BCUT2D eigenvalue weighted by molar-refractivity contribution is 0.0954. The van der Waals surface area contributed by atoms with Gasteiger partial charge >= 0.3 is 0 Å². The highest BCUT2D eigenvalue weighted by Gasteiger charge is 2.13. The third kappa shape index (κ3) is 5.62. The fourth-order valence-electron chi connectivity index (χ4n) is 2.58. The van der Waals surface area contributed by atoms with Crippen molar-refractivity contribution in [3.63, 3.8) is 0 Å². The minimum absolute atomic E-state index is 0.174. The number of ether oxygens (including phenoxy) is 1. The average molecular weight is 354 g/mol. The Kier molecular flexibility index (Phi) is 7.68. The van der Waals surface area contributed by atoms with Gasteiger partial charge in [-0.25, -0.2) is 0 Å². The number of hydrogen-bond donors (Lipinski definition) is 2. The monoisotopic (exact) mass is 354 g/mol. The normalized spacial score (nSPS) is 10.2. The van der Waals surface area contributed by atoms with Crippen molar-refractivity contribution < 1.29 is 14.3 Å². The Morgan fingerprint density at radius 3 is 2.35 bits per heavy atom. The number of anilines is 1. The lowest BCUT2D eigenvalue weighted by atomic mass is 10.1. The fourth-order valence-corrected chi connectivity index (χ4v) is 2.58. The second-order valence-electron chi connectivity index (χ2n) is 6.04. The Morgan fingerprint density at radius 2 is 1.65 bits per heavy atom. The van der Waals surface area contributed by atoms with Crippen molar-refractivity contribution in [2.24, 2.45) is 0 Å². The predicted molar refractivity (Wildman–Crippen MR) is 104 cm³/mol. The number of nitrogens with one attached hydrogen (secondary N) is 2. The molecule has 138 valence electrons. The number of rotatable bonds is 9. The maximum Gasteiger partial charge on any atom is 0.255 e. The van der Waals surface area contributed by atoms with Gasteiger partial charge in [0.2, 0.25) is 0 Å². The van der Waals surface area contributed by atoms with Gasteiger partial charge in [-0.2, -0.15) is 0 Å². The van der Waals surface area contributed by atoms with E-state index in [1.54, 1.807) is 55.6 Å². The molecule has 0 heterocycles. The van der Waals surface area contributed by atoms with Crippen LogP contribution in [0.1, 0.15) is 53.3 Å². The van der Waals surface area contributed by atoms with Crippen LogP contribution in [0.3, 0.4) is 0 Å². The second kappa shape index (κ2) is 10.2. The van der Waals surface area contributed by atoms with E-state index >= 15 is 0 Å². The van der Waals surface area contributed by atoms with E-state index in [2.05, 4.69) is 17.6 Å². The number of carbonyl (C=O) groups excluding carboxylic acids is 2. The summed E-state index contributed by atoms with van der Waals surface area (Å²) in [5.41, 5.74) is 1.46. The topological polar surface area (TPSA) is 67.4 Å². The van der Waals surface area contributed by atoms with Gasteiger partial charge in [-0.15, -0.1) is 0 Å². The van der Waals surface area contributed by atoms with E-state index in [1.165, 1.54) is 6.42 Å². The van der Waals surface area contributed by atoms with Gasteiger partial charge in [0.15, 0.2) is 0 Å². The molecule has 0 unspecified atom stereocenters. The van der Waals surface area contributed by atoms with Crippen LogP contribution in [0.15, 0.2) is 48.5 Å². The van der Waals surface area contributed by atoms with Crippen molar-refractivity contribution in [3.05, 3.63) is 59.7 Å². The molecule has 0 radical (unpaired) electrons. The summed E-state index contributed by atoms with van der Waals surface area (Å²) in [6.45, 7) is 2.79. The quantitative estimate of drug-likeness (QED) is 0.661. The molecule has 0 atom stereocenters. The van der Waals surface area contributed by atoms with Crippen LogP contribution in [0, 0.1) is 0 Å². The van der Waals surface area contributed by atoms with E-state index in [0.717, 1.165) is 19.3 Å². The third-order valence-corrected chi connectivity index (χ3v) is 4.09. The van der Waals surface area contributed by atoms with Crippen LogP contribution in [-0.2, 0) is 0 Å². The summed E-state index contributed by atoms with van der Waals surface area (Å²) >= 11 is 0. The number of unbranched alkanes of at least 4 members (excludes halogenated alkanes) is 3. The van der Waals surface area contributed by atoms with Gasteiger partial charge in [0.1, 0.15) is 5.75 Å². The number of benzene rings is 2. The molecule has 5 nitrogen and oxygen atoms in total. The molecule has 0 aromatic heterocycles. The lowest BCUT2D eigenvalue weighted by Gasteiger charge is -2.12. The molecule has 5 heteroatoms. The fraction of sp³-hybridized carbons (Fsp3) is 0.333. The summed E-state index contributed by atoms with van der Waals surface area (Å²) in [7, 11) is 1.58. The first-order chi connectivity index (χ1) is 12.7. The molecule has 0 spiro atoms. The molecule has 26 heavy (non-hydrogen) atoms. The van der Waals surface area contributed by atoms with Gasteiger partial charge in [0.25, 0.3) is 11.8 Å². The molecule has 0 fully saturated rings. The van der Waals surface area contributed by atoms with Crippen LogP contribution < -0.4 is 15.4 Å². The Morgan fingerprint density at radius 1 is 0.923 bits per heavy atom. The van der Waals surface area contributed by atoms with Crippen LogP contribution in [0.4, 0.5) is 5.69 Å². The Bertz CT molecular complexity index is 726. The van der Waals surface area contributed by atoms with Gasteiger partial charge in [0, 0.05) is 12.1 Å². The highest BCUT2D eigenvalue weighted by molar-refractivity contribution is 6.09. The maximum atomic E-state index is 12.4. The summed E-state index contributed by atoms with van der Waals surface area (Å²) in [5, 5.41) is 5.73. The standard InChI is InChI=1S/C21H26N2O3/c1-3-4-5-8-15-22-21(25)18-9-6-7-10-19(18)23-20(24)16-11-13-17(26-2)14-12-16/h6-7,9-14H,3-5,8,15H2,1-2H3,(H,22,25)(H,23,24). The Hall–Kier alpha value is -2.82. The van der Waals surface area contributed by atoms with Gasteiger partial charge in [-0.3, -0.25) is 9.59 Å². The van der Waals surface area contributed by atoms with E-state index in [1.807, 2.05) is 0 Å². The van der Waals surface area contributed by atoms with Crippen molar-refractivity contribution in [1.29, 1.82) is 0 Å². The molecular formula is C21H26N2O3. The summed E-state index contributed by atoms with van der Waals surface area (Å²) < 4.78 is 5.10. The molecule has 2 rings (SSSR count). The summed E-state index contributed by atoms with van der Waals surface area (Å²) in [5.74, 6) is 0.243. The molecule has 2 aromatic carbocycles. The van der Waals surface area contributed by atoms with E-state index in [-0.39, 0.29) is 11.8 Å². The number of amides is 2. The first kappa shape index (κ1) is 19.5. The number of carbonyl (C=O) groups is 2. The first-order valence-electron chi connectivity index (χ1n) is 8.98. The molecule has 2 aromatic rings. The molecule has 0 bridgehead atoms. The zero-order valence-electron chi connectivity index (χ0n) is 15.4. The molecule has 0 aliphatic heterocycles. The largest absolute Gasteiger partial charge is 0.497 e. The predicted octanol–water partition coefficient (Wildman–Crippen LogP) is 4.26. The van der Waals surface area contributed by atoms with Gasteiger partial charge < -0.3 is 15.4 Å². The molecule has 2 amide bonds. The smallest absolute Gasteiger partial charge is 0.255 e. The zero-order valence-corrected chi connectivity index (χ0v) is 15.4. The van der Waals surface area contributed by atoms with Crippen molar-refractivity contribution in [3.8, 4) is 5.75 Å². The molecule has 0 saturated heterocycles. The van der Waals surface area contributed by atoms with Crippen LogP contribution in [0.2, 0.25) is 0 Å². The maximum absolute atomic E-state index is 12.4. The average Bonchev–Trinajstić information content (AvgIpc) is 2.68. The summed E-state index contributed by atoms with van der Waals surface area (Å²) in [4.78, 5) is 24.9. The van der Waals surface area contributed by atoms with Gasteiger partial charge in [-0.05, 0) is 42.8 Å². The van der Waals surface area contributed by atoms with Crippen molar-refractivity contribution in [2.45, 2.75) is 32.6 Å². The number of hydrogen-bond acceptors (Lipinski definition) is 3. The van der Waals surface area contributed by atoms with Gasteiger partial charge in [-0.1, -0.05) is 38.3 Å². The highest BCUT2D eigenvalue weighted by atomic mass is 16.5. The second-order valence-corrected chi connectivity index (χ2v) is 6.04. The lowest BCUT2D eigenvalue weighted by Crippen LogP contribution is -2.26. The van der Waals surface area contributed by atoms with Crippen LogP contribution in [0.5, 0.6) is 5.75 Å². The zero-order chi connectivity index (χ0) is 18.8. The van der Waals surface area contributed by atoms with Crippen LogP contribution in [0.25, 0.3) is 0 Å². The van der Waals surface area contributed by atoms with Crippen LogP contribution in [-0.4, -0.2) is 25.5 Å². The Balaban J connectivity index is 2.00. The summed E-state index contributed by atoms with van der Waals surface area (Å²) in [6, 6.07) is 13.8. The van der Waals surface area contributed by atoms with E-state index < -0.39 is 0 Å². The third-order valence-electron chi connectivity index (χ3n) is 4.09. The van der Waals surface area contributed by atoms with Crippen molar-refractivity contribution >= 4 is 17.5 Å². The Labute approximate surface area is 154 Å². The molecular weight excluding hydrogens is 328 g/mol. The minimum atomic E-state index is -0.268. The summed E-state index contributed by atoms with van der Waals surface area (Å²) in [6.07, 6.45) is 4.39. The molecule has 0 aliphatic carbocycles. The SMILES string of the molecule is CCCCCCNC(=O)c1ccccc1NC(=O)c1ccc(OC)cc1. The van der Waals surface area contributed by atoms with Crippen molar-refractivity contribution in [1.82, 2.24) is 5.32 Å². The van der Waals surface area contributed by atoms with E-state index in [0.29, 0.717) is 29.1 Å². The van der Waals surface area contributed by atoms with Gasteiger partial charge in [0.05, 0.1) is 18.4 Å². The van der Waals surface area contributed by atoms with Crippen LogP contribution >= 0.6 is 0 Å². The molecule has 0 aliphatic rings. The van der Waals surface area contributed by atoms with E-state index in [9.17, 15) is 9.59 Å². The molecule has 2 N–H and O–H groups in total. The van der Waals surface area contributed by atoms with Crippen molar-refractivity contribution in [2.75, 3.05) is 19.0 Å². The minimum Gasteiger partial charge on any atom is -0.497 e. The number of methoxy groups -OCH3 is 1. The van der Waals surface area contributed by atoms with E-state index in [4.69, 9.17) is 4.74 Å². The molecule has 0 saturated carbocycles. The number of para-hydroxylation sites is 1. The highest BCUT2D eigenvalue weighted by Crippen LogP contribution is 2.17. The first-order valence-corrected chi connectivity index (χ1v) is 8.98.